The molecule has 2 aliphatic heterocycles. The molecule has 0 atom stereocenters. The van der Waals surface area contributed by atoms with Crippen molar-refractivity contribution in [1.29, 1.82) is 10.5 Å². The van der Waals surface area contributed by atoms with E-state index in [1.54, 1.807) is 24.3 Å². The minimum Gasteiger partial charge on any atom is -0.457 e. The van der Waals surface area contributed by atoms with Crippen molar-refractivity contribution in [3.63, 3.8) is 0 Å². The Kier molecular flexibility index (Phi) is 6.80. The van der Waals surface area contributed by atoms with E-state index in [4.69, 9.17) is 13.9 Å². The van der Waals surface area contributed by atoms with E-state index >= 15 is 0 Å². The molecule has 6 nitrogen and oxygen atoms in total. The predicted molar refractivity (Wildman–Crippen MR) is 139 cm³/mol. The van der Waals surface area contributed by atoms with E-state index in [1.807, 2.05) is 54.6 Å². The molecule has 3 heterocycles. The molecule has 0 spiro atoms. The van der Waals surface area contributed by atoms with Crippen LogP contribution in [-0.4, -0.2) is 26.3 Å². The van der Waals surface area contributed by atoms with Gasteiger partial charge >= 0.3 is 0 Å². The molecule has 176 valence electrons. The number of rotatable bonds is 5. The Balaban J connectivity index is 1.35. The fraction of sp³-hybridized carbons (Fsp3) is 0.133. The zero-order valence-electron chi connectivity index (χ0n) is 19.6. The Hall–Kier alpha value is -4.78. The number of hydrogen-bond acceptors (Lipinski definition) is 6. The van der Waals surface area contributed by atoms with E-state index < -0.39 is 0 Å². The molecule has 36 heavy (non-hydrogen) atoms. The second-order valence-electron chi connectivity index (χ2n) is 8.29. The quantitative estimate of drug-likeness (QED) is 0.414. The molecular weight excluding hydrogens is 450 g/mol. The van der Waals surface area contributed by atoms with E-state index in [-0.39, 0.29) is 5.57 Å². The Morgan fingerprint density at radius 1 is 0.833 bits per heavy atom. The Bertz CT molecular complexity index is 1450. The molecule has 2 aromatic carbocycles. The van der Waals surface area contributed by atoms with Crippen molar-refractivity contribution in [2.24, 2.45) is 0 Å². The van der Waals surface area contributed by atoms with Gasteiger partial charge in [0, 0.05) is 29.7 Å². The lowest BCUT2D eigenvalue weighted by Crippen LogP contribution is -2.36. The molecule has 0 aliphatic carbocycles. The van der Waals surface area contributed by atoms with Crippen LogP contribution in [0.15, 0.2) is 106 Å². The van der Waals surface area contributed by atoms with Gasteiger partial charge in [-0.15, -0.1) is 0 Å². The third kappa shape index (κ3) is 5.31. The van der Waals surface area contributed by atoms with Gasteiger partial charge in [-0.25, -0.2) is 0 Å². The van der Waals surface area contributed by atoms with Gasteiger partial charge in [0.1, 0.15) is 40.6 Å². The largest absolute Gasteiger partial charge is 0.457 e. The van der Waals surface area contributed by atoms with Crippen LogP contribution in [0.25, 0.3) is 23.1 Å². The third-order valence-corrected chi connectivity index (χ3v) is 5.91. The first-order valence-electron chi connectivity index (χ1n) is 11.6. The molecule has 0 saturated carbocycles. The van der Waals surface area contributed by atoms with Crippen molar-refractivity contribution in [1.82, 2.24) is 0 Å². The molecular formula is C30H23N3O3. The highest BCUT2D eigenvalue weighted by atomic mass is 16.5. The van der Waals surface area contributed by atoms with Gasteiger partial charge in [-0.05, 0) is 60.2 Å². The smallest absolute Gasteiger partial charge is 0.137 e. The van der Waals surface area contributed by atoms with Crippen LogP contribution < -0.4 is 4.90 Å². The van der Waals surface area contributed by atoms with Gasteiger partial charge in [-0.3, -0.25) is 0 Å². The van der Waals surface area contributed by atoms with Crippen LogP contribution in [-0.2, 0) is 9.47 Å². The number of benzene rings is 2. The second kappa shape index (κ2) is 10.7. The molecule has 0 radical (unpaired) electrons. The third-order valence-electron chi connectivity index (χ3n) is 5.91. The van der Waals surface area contributed by atoms with Crippen molar-refractivity contribution in [3.8, 4) is 12.1 Å². The fourth-order valence-corrected chi connectivity index (χ4v) is 4.05. The number of nitriles is 2. The molecule has 3 aromatic rings. The van der Waals surface area contributed by atoms with Gasteiger partial charge in [0.15, 0.2) is 0 Å². The summed E-state index contributed by atoms with van der Waals surface area (Å²) in [4.78, 5) is 2.30. The van der Waals surface area contributed by atoms with E-state index in [1.165, 1.54) is 5.69 Å². The van der Waals surface area contributed by atoms with Gasteiger partial charge in [0.25, 0.3) is 0 Å². The highest BCUT2D eigenvalue weighted by Crippen LogP contribution is 2.26. The van der Waals surface area contributed by atoms with Crippen molar-refractivity contribution < 1.29 is 13.9 Å². The van der Waals surface area contributed by atoms with Gasteiger partial charge < -0.3 is 18.8 Å². The average molecular weight is 474 g/mol. The standard InChI is InChI=1S/C30H23N3O3/c31-20-25(21-32)24-18-27(10-7-22-5-8-26(9-6-22)33-13-15-34-16-14-33)35-28(19-24)11-12-29-17-23-3-1-2-4-30(23)36-29/h1-12,17-19H,13-16H2/b10-7+,12-11+. The van der Waals surface area contributed by atoms with Crippen LogP contribution in [0.4, 0.5) is 5.69 Å². The predicted octanol–water partition coefficient (Wildman–Crippen LogP) is 6.14. The van der Waals surface area contributed by atoms with Crippen LogP contribution in [0, 0.1) is 22.7 Å². The van der Waals surface area contributed by atoms with Crippen LogP contribution in [0.3, 0.4) is 0 Å². The molecule has 5 rings (SSSR count). The first kappa shape index (κ1) is 23.0. The monoisotopic (exact) mass is 473 g/mol. The Labute approximate surface area is 209 Å². The van der Waals surface area contributed by atoms with Crippen molar-refractivity contribution >= 4 is 28.8 Å². The summed E-state index contributed by atoms with van der Waals surface area (Å²) >= 11 is 0. The summed E-state index contributed by atoms with van der Waals surface area (Å²) in [5.41, 5.74) is 3.50. The number of allylic oxidation sites excluding steroid dienone is 6. The van der Waals surface area contributed by atoms with E-state index in [0.717, 1.165) is 42.8 Å². The zero-order valence-corrected chi connectivity index (χ0v) is 19.6. The van der Waals surface area contributed by atoms with Crippen LogP contribution >= 0.6 is 0 Å². The van der Waals surface area contributed by atoms with Crippen molar-refractivity contribution in [2.75, 3.05) is 31.2 Å². The SMILES string of the molecule is N#CC(C#N)=C1C=C(/C=C/c2ccc(N3CCOCC3)cc2)OC(/C=C/c2cc3ccccc3o2)=C1. The number of nitrogens with zero attached hydrogens (tertiary/aromatic N) is 3. The summed E-state index contributed by atoms with van der Waals surface area (Å²) in [7, 11) is 0. The summed E-state index contributed by atoms with van der Waals surface area (Å²) in [5.74, 6) is 1.70. The molecule has 0 amide bonds. The summed E-state index contributed by atoms with van der Waals surface area (Å²) in [6, 6.07) is 21.9. The van der Waals surface area contributed by atoms with Crippen LogP contribution in [0.5, 0.6) is 0 Å². The normalized spacial score (nSPS) is 15.9. The van der Waals surface area contributed by atoms with Gasteiger partial charge in [0.2, 0.25) is 0 Å². The number of ether oxygens (including phenoxy) is 2. The van der Waals surface area contributed by atoms with Crippen molar-refractivity contribution in [2.45, 2.75) is 0 Å². The maximum atomic E-state index is 9.39. The maximum absolute atomic E-state index is 9.39. The molecule has 0 bridgehead atoms. The molecule has 1 aromatic heterocycles. The zero-order chi connectivity index (χ0) is 24.7. The number of para-hydroxylation sites is 1. The summed E-state index contributed by atoms with van der Waals surface area (Å²) in [6.45, 7) is 3.28. The molecule has 6 heteroatoms. The van der Waals surface area contributed by atoms with Gasteiger partial charge in [0.05, 0.1) is 13.2 Å². The lowest BCUT2D eigenvalue weighted by atomic mass is 10.1. The lowest BCUT2D eigenvalue weighted by molar-refractivity contribution is 0.122. The number of fused-ring (bicyclic) bond motifs is 1. The van der Waals surface area contributed by atoms with Gasteiger partial charge in [-0.2, -0.15) is 10.5 Å². The Morgan fingerprint density at radius 2 is 1.53 bits per heavy atom. The van der Waals surface area contributed by atoms with E-state index in [9.17, 15) is 10.5 Å². The summed E-state index contributed by atoms with van der Waals surface area (Å²) in [6.07, 6.45) is 10.7. The molecule has 2 aliphatic rings. The molecule has 1 saturated heterocycles. The van der Waals surface area contributed by atoms with Crippen LogP contribution in [0.2, 0.25) is 0 Å². The van der Waals surface area contributed by atoms with Crippen LogP contribution in [0.1, 0.15) is 11.3 Å². The highest BCUT2D eigenvalue weighted by Gasteiger charge is 2.13. The minimum atomic E-state index is 0.0219. The van der Waals surface area contributed by atoms with Crippen molar-refractivity contribution in [3.05, 3.63) is 113 Å². The molecule has 0 N–H and O–H groups in total. The highest BCUT2D eigenvalue weighted by molar-refractivity contribution is 5.79. The summed E-state index contributed by atoms with van der Waals surface area (Å²) in [5, 5.41) is 19.8. The number of anilines is 1. The second-order valence-corrected chi connectivity index (χ2v) is 8.29. The van der Waals surface area contributed by atoms with Gasteiger partial charge in [-0.1, -0.05) is 36.4 Å². The molecule has 1 fully saturated rings. The fourth-order valence-electron chi connectivity index (χ4n) is 4.05. The lowest BCUT2D eigenvalue weighted by Gasteiger charge is -2.28. The number of hydrogen-bond donors (Lipinski definition) is 0. The van der Waals surface area contributed by atoms with E-state index in [2.05, 4.69) is 29.2 Å². The average Bonchev–Trinajstić information content (AvgIpc) is 3.35. The molecule has 0 unspecified atom stereocenters. The number of morpholine rings is 1. The maximum Gasteiger partial charge on any atom is 0.137 e. The topological polar surface area (TPSA) is 82.4 Å². The van der Waals surface area contributed by atoms with E-state index in [0.29, 0.717) is 22.9 Å². The summed E-state index contributed by atoms with van der Waals surface area (Å²) < 4.78 is 17.3. The number of furan rings is 1. The Morgan fingerprint density at radius 3 is 2.22 bits per heavy atom. The minimum absolute atomic E-state index is 0.0219. The first-order valence-corrected chi connectivity index (χ1v) is 11.6. The first-order chi connectivity index (χ1) is 17.7.